The van der Waals surface area contributed by atoms with Crippen LogP contribution in [-0.2, 0) is 16.1 Å². The number of amides is 2. The fourth-order valence-corrected chi connectivity index (χ4v) is 5.57. The van der Waals surface area contributed by atoms with Gasteiger partial charge in [-0.2, -0.15) is 0 Å². The number of carbonyl (C=O) groups is 2. The minimum Gasteiger partial charge on any atom is -0.445 e. The lowest BCUT2D eigenvalue weighted by molar-refractivity contribution is -0.127. The predicted octanol–water partition coefficient (Wildman–Crippen LogP) is 2.59. The lowest BCUT2D eigenvalue weighted by atomic mass is 9.70. The van der Waals surface area contributed by atoms with Gasteiger partial charge in [0.05, 0.1) is 0 Å². The van der Waals surface area contributed by atoms with E-state index in [1.807, 2.05) is 30.3 Å². The molecule has 0 saturated heterocycles. The summed E-state index contributed by atoms with van der Waals surface area (Å²) in [7, 11) is 0. The van der Waals surface area contributed by atoms with Crippen LogP contribution in [0.1, 0.15) is 37.7 Å². The summed E-state index contributed by atoms with van der Waals surface area (Å²) >= 11 is 0. The van der Waals surface area contributed by atoms with Gasteiger partial charge < -0.3 is 15.8 Å². The fraction of sp³-hybridized carbons (Fsp3) is 0.579. The molecule has 0 radical (unpaired) electrons. The van der Waals surface area contributed by atoms with Crippen molar-refractivity contribution < 1.29 is 14.3 Å². The Bertz CT molecular complexity index is 647. The zero-order valence-corrected chi connectivity index (χ0v) is 13.7. The fourth-order valence-electron chi connectivity index (χ4n) is 5.57. The van der Waals surface area contributed by atoms with Crippen molar-refractivity contribution in [3.8, 4) is 0 Å². The molecule has 128 valence electrons. The third kappa shape index (κ3) is 2.38. The smallest absolute Gasteiger partial charge is 0.408 e. The number of ether oxygens (including phenoxy) is 1. The number of alkyl carbamates (subject to hydrolysis) is 1. The Balaban J connectivity index is 1.45. The highest BCUT2D eigenvalue weighted by molar-refractivity contribution is 5.89. The minimum atomic E-state index is -0.913. The summed E-state index contributed by atoms with van der Waals surface area (Å²) in [6, 6.07) is 9.52. The quantitative estimate of drug-likeness (QED) is 0.891. The molecule has 5 atom stereocenters. The molecule has 2 bridgehead atoms. The van der Waals surface area contributed by atoms with Gasteiger partial charge in [0, 0.05) is 0 Å². The lowest BCUT2D eigenvalue weighted by Crippen LogP contribution is -2.62. The second-order valence-electron chi connectivity index (χ2n) is 7.59. The van der Waals surface area contributed by atoms with Crippen LogP contribution in [0.3, 0.4) is 0 Å². The third-order valence-electron chi connectivity index (χ3n) is 6.50. The second-order valence-corrected chi connectivity index (χ2v) is 7.59. The molecule has 3 fully saturated rings. The van der Waals surface area contributed by atoms with Crippen molar-refractivity contribution in [1.29, 1.82) is 0 Å². The van der Waals surface area contributed by atoms with Crippen molar-refractivity contribution >= 4 is 12.0 Å². The molecular weight excluding hydrogens is 304 g/mol. The molecule has 24 heavy (non-hydrogen) atoms. The maximum atomic E-state index is 12.3. The van der Waals surface area contributed by atoms with E-state index in [2.05, 4.69) is 5.32 Å². The van der Waals surface area contributed by atoms with Crippen LogP contribution in [0.2, 0.25) is 0 Å². The number of benzene rings is 1. The van der Waals surface area contributed by atoms with E-state index in [0.29, 0.717) is 18.3 Å². The first-order valence-corrected chi connectivity index (χ1v) is 8.89. The van der Waals surface area contributed by atoms with Crippen LogP contribution in [-0.4, -0.2) is 17.5 Å². The number of primary amides is 1. The molecule has 3 aliphatic carbocycles. The van der Waals surface area contributed by atoms with Crippen LogP contribution in [0.15, 0.2) is 30.3 Å². The van der Waals surface area contributed by atoms with E-state index < -0.39 is 17.5 Å². The molecule has 2 amide bonds. The van der Waals surface area contributed by atoms with Crippen molar-refractivity contribution in [2.75, 3.05) is 0 Å². The summed E-state index contributed by atoms with van der Waals surface area (Å²) in [6.45, 7) is 0.196. The van der Waals surface area contributed by atoms with Crippen LogP contribution >= 0.6 is 0 Å². The van der Waals surface area contributed by atoms with Gasteiger partial charge in [-0.1, -0.05) is 36.8 Å². The van der Waals surface area contributed by atoms with Gasteiger partial charge in [-0.3, -0.25) is 4.79 Å². The molecule has 3 saturated carbocycles. The molecule has 0 heterocycles. The predicted molar refractivity (Wildman–Crippen MR) is 88.7 cm³/mol. The summed E-state index contributed by atoms with van der Waals surface area (Å²) in [5.74, 6) is 1.55. The van der Waals surface area contributed by atoms with E-state index in [1.54, 1.807) is 0 Å². The Morgan fingerprint density at radius 1 is 1.21 bits per heavy atom. The van der Waals surface area contributed by atoms with Gasteiger partial charge in [-0.15, -0.1) is 0 Å². The Hall–Kier alpha value is -2.04. The topological polar surface area (TPSA) is 81.4 Å². The number of carbonyl (C=O) groups excluding carboxylic acids is 2. The Morgan fingerprint density at radius 2 is 1.96 bits per heavy atom. The molecule has 1 aromatic carbocycles. The van der Waals surface area contributed by atoms with Crippen LogP contribution < -0.4 is 11.1 Å². The lowest BCUT2D eigenvalue weighted by Gasteiger charge is -2.40. The van der Waals surface area contributed by atoms with Crippen molar-refractivity contribution in [2.24, 2.45) is 29.4 Å². The number of hydrogen-bond donors (Lipinski definition) is 2. The van der Waals surface area contributed by atoms with E-state index in [9.17, 15) is 9.59 Å². The first-order valence-electron chi connectivity index (χ1n) is 8.89. The van der Waals surface area contributed by atoms with Crippen molar-refractivity contribution in [3.63, 3.8) is 0 Å². The highest BCUT2D eigenvalue weighted by Crippen LogP contribution is 2.62. The molecule has 5 heteroatoms. The molecule has 0 aliphatic heterocycles. The number of nitrogens with one attached hydrogen (secondary N) is 1. The first-order chi connectivity index (χ1) is 11.6. The summed E-state index contributed by atoms with van der Waals surface area (Å²) in [5, 5.41) is 2.87. The number of nitrogens with two attached hydrogens (primary N) is 1. The highest BCUT2D eigenvalue weighted by atomic mass is 16.5. The molecule has 5 nitrogen and oxygen atoms in total. The van der Waals surface area contributed by atoms with Gasteiger partial charge in [0.15, 0.2) is 0 Å². The largest absolute Gasteiger partial charge is 0.445 e. The molecule has 3 N–H and O–H groups in total. The van der Waals surface area contributed by atoms with Gasteiger partial charge in [-0.25, -0.2) is 4.79 Å². The Labute approximate surface area is 141 Å². The first kappa shape index (κ1) is 15.5. The zero-order valence-electron chi connectivity index (χ0n) is 13.7. The van der Waals surface area contributed by atoms with E-state index >= 15 is 0 Å². The summed E-state index contributed by atoms with van der Waals surface area (Å²) < 4.78 is 5.33. The van der Waals surface area contributed by atoms with Gasteiger partial charge in [0.1, 0.15) is 12.1 Å². The molecule has 4 rings (SSSR count). The Morgan fingerprint density at radius 3 is 2.71 bits per heavy atom. The van der Waals surface area contributed by atoms with Gasteiger partial charge in [0.25, 0.3) is 0 Å². The Kier molecular flexibility index (Phi) is 3.74. The van der Waals surface area contributed by atoms with Crippen molar-refractivity contribution in [3.05, 3.63) is 35.9 Å². The summed E-state index contributed by atoms with van der Waals surface area (Å²) in [6.07, 6.45) is 4.79. The van der Waals surface area contributed by atoms with E-state index in [0.717, 1.165) is 24.3 Å². The molecule has 0 aromatic heterocycles. The number of hydrogen-bond acceptors (Lipinski definition) is 3. The zero-order chi connectivity index (χ0) is 16.7. The second kappa shape index (κ2) is 5.80. The van der Waals surface area contributed by atoms with Crippen LogP contribution in [0.25, 0.3) is 0 Å². The van der Waals surface area contributed by atoms with E-state index in [1.165, 1.54) is 12.8 Å². The molecular formula is C19H24N2O3. The van der Waals surface area contributed by atoms with Crippen LogP contribution in [0, 0.1) is 23.7 Å². The summed E-state index contributed by atoms with van der Waals surface area (Å²) in [4.78, 5) is 24.6. The highest BCUT2D eigenvalue weighted by Gasteiger charge is 2.64. The SMILES string of the molecule is NC(=O)C1(NC(=O)OCc2ccccc2)CC2CC1C1CCCC21. The van der Waals surface area contributed by atoms with Crippen LogP contribution in [0.4, 0.5) is 4.79 Å². The minimum absolute atomic E-state index is 0.178. The van der Waals surface area contributed by atoms with Gasteiger partial charge >= 0.3 is 6.09 Å². The van der Waals surface area contributed by atoms with Gasteiger partial charge in [-0.05, 0) is 54.9 Å². The van der Waals surface area contributed by atoms with Crippen molar-refractivity contribution in [2.45, 2.75) is 44.2 Å². The standard InChI is InChI=1S/C19H24N2O3/c20-17(22)19(10-13-9-16(19)15-8-4-7-14(13)15)21-18(23)24-11-12-5-2-1-3-6-12/h1-3,5-6,13-16H,4,7-11H2,(H2,20,22)(H,21,23). The third-order valence-corrected chi connectivity index (χ3v) is 6.50. The monoisotopic (exact) mass is 328 g/mol. The summed E-state index contributed by atoms with van der Waals surface area (Å²) in [5.41, 5.74) is 5.76. The molecule has 3 aliphatic rings. The van der Waals surface area contributed by atoms with Crippen molar-refractivity contribution in [1.82, 2.24) is 5.32 Å². The van der Waals surface area contributed by atoms with Crippen LogP contribution in [0.5, 0.6) is 0 Å². The maximum Gasteiger partial charge on any atom is 0.408 e. The normalized spacial score (nSPS) is 36.3. The molecule has 5 unspecified atom stereocenters. The molecule has 0 spiro atoms. The number of fused-ring (bicyclic) bond motifs is 5. The average Bonchev–Trinajstić information content (AvgIpc) is 3.25. The van der Waals surface area contributed by atoms with E-state index in [4.69, 9.17) is 10.5 Å². The average molecular weight is 328 g/mol. The maximum absolute atomic E-state index is 12.3. The molecule has 1 aromatic rings. The van der Waals surface area contributed by atoms with Gasteiger partial charge in [0.2, 0.25) is 5.91 Å². The van der Waals surface area contributed by atoms with E-state index in [-0.39, 0.29) is 12.5 Å². The number of rotatable bonds is 4.